The molecule has 5 nitrogen and oxygen atoms in total. The summed E-state index contributed by atoms with van der Waals surface area (Å²) in [6, 6.07) is 14.1. The number of piperidine rings is 1. The van der Waals surface area contributed by atoms with Crippen molar-refractivity contribution in [2.45, 2.75) is 44.6 Å². The number of H-pyrrole nitrogens is 1. The minimum absolute atomic E-state index is 0.231. The predicted molar refractivity (Wildman–Crippen MR) is 139 cm³/mol. The fourth-order valence-electron chi connectivity index (χ4n) is 5.35. The van der Waals surface area contributed by atoms with Gasteiger partial charge in [0.2, 0.25) is 0 Å². The Morgan fingerprint density at radius 3 is 2.31 bits per heavy atom. The number of benzene rings is 2. The van der Waals surface area contributed by atoms with Gasteiger partial charge in [-0.25, -0.2) is 4.39 Å². The van der Waals surface area contributed by atoms with Crippen molar-refractivity contribution in [3.05, 3.63) is 86.0 Å². The third-order valence-electron chi connectivity index (χ3n) is 7.28. The van der Waals surface area contributed by atoms with Crippen molar-refractivity contribution in [1.82, 2.24) is 14.7 Å². The minimum atomic E-state index is -0.479. The van der Waals surface area contributed by atoms with Crippen LogP contribution in [0.15, 0.2) is 53.3 Å². The van der Waals surface area contributed by atoms with Crippen LogP contribution in [0.4, 0.5) is 4.39 Å². The van der Waals surface area contributed by atoms with Gasteiger partial charge in [-0.05, 0) is 93.1 Å². The van der Waals surface area contributed by atoms with Crippen molar-refractivity contribution in [1.29, 1.82) is 0 Å². The van der Waals surface area contributed by atoms with E-state index >= 15 is 0 Å². The molecule has 1 fully saturated rings. The molecule has 1 aliphatic heterocycles. The summed E-state index contributed by atoms with van der Waals surface area (Å²) in [5.74, 6) is 1.13. The number of hydrogen-bond donors (Lipinski definition) is 1. The monoisotopic (exact) mass is 519 g/mol. The number of rotatable bonds is 9. The van der Waals surface area contributed by atoms with Gasteiger partial charge >= 0.3 is 0 Å². The Bertz CT molecular complexity index is 1170. The highest BCUT2D eigenvalue weighted by Crippen LogP contribution is 2.41. The zero-order chi connectivity index (χ0) is 25.0. The summed E-state index contributed by atoms with van der Waals surface area (Å²) in [6.45, 7) is 4.56. The zero-order valence-electron chi connectivity index (χ0n) is 20.2. The molecule has 2 aromatic carbocycles. The average Bonchev–Trinajstić information content (AvgIpc) is 3.12. The number of nitrogens with one attached hydrogen (secondary N) is 1. The maximum atomic E-state index is 13.6. The van der Waals surface area contributed by atoms with E-state index in [1.54, 1.807) is 4.68 Å². The second kappa shape index (κ2) is 11.2. The van der Waals surface area contributed by atoms with E-state index in [0.29, 0.717) is 24.0 Å². The molecule has 1 aromatic heterocycles. The smallest absolute Gasteiger partial charge is 0.283 e. The quantitative estimate of drug-likeness (QED) is 0.366. The van der Waals surface area contributed by atoms with Gasteiger partial charge in [-0.15, -0.1) is 0 Å². The third-order valence-corrected chi connectivity index (χ3v) is 7.88. The van der Waals surface area contributed by atoms with E-state index in [4.69, 9.17) is 27.9 Å². The topological polar surface area (TPSA) is 50.3 Å². The molecule has 2 heterocycles. The molecule has 1 saturated heterocycles. The number of likely N-dealkylation sites (tertiary alicyclic amines) is 1. The lowest BCUT2D eigenvalue weighted by Gasteiger charge is -2.47. The Labute approximate surface area is 215 Å². The first-order valence-corrected chi connectivity index (χ1v) is 12.9. The standard InChI is InChI=1S/C27H32Cl2FN3O2/c1-3-27(18-20-4-8-22(30)9-5-20,25-24(29)26(34)31-32(25)2)33-15-12-19(13-16-33)14-17-35-23-10-6-21(28)7-11-23/h4-11,19H,3,12-18H2,1-2H3,(H,31,34). The lowest BCUT2D eigenvalue weighted by Crippen LogP contribution is -2.52. The molecule has 0 bridgehead atoms. The van der Waals surface area contributed by atoms with Gasteiger partial charge in [0.25, 0.3) is 5.56 Å². The van der Waals surface area contributed by atoms with Crippen LogP contribution in [-0.2, 0) is 19.0 Å². The summed E-state index contributed by atoms with van der Waals surface area (Å²) in [6.07, 6.45) is 4.45. The lowest BCUT2D eigenvalue weighted by molar-refractivity contribution is 0.0329. The van der Waals surface area contributed by atoms with Crippen LogP contribution < -0.4 is 10.3 Å². The molecular formula is C27H32Cl2FN3O2. The molecule has 1 unspecified atom stereocenters. The van der Waals surface area contributed by atoms with Gasteiger partial charge in [-0.2, -0.15) is 0 Å². The molecule has 35 heavy (non-hydrogen) atoms. The molecule has 0 amide bonds. The number of ether oxygens (including phenoxy) is 1. The van der Waals surface area contributed by atoms with Crippen molar-refractivity contribution in [2.24, 2.45) is 13.0 Å². The van der Waals surface area contributed by atoms with E-state index in [1.807, 2.05) is 43.4 Å². The van der Waals surface area contributed by atoms with Gasteiger partial charge in [0.15, 0.2) is 0 Å². The molecule has 4 rings (SSSR count). The Morgan fingerprint density at radius 1 is 1.09 bits per heavy atom. The summed E-state index contributed by atoms with van der Waals surface area (Å²) < 4.78 is 21.2. The second-order valence-electron chi connectivity index (χ2n) is 9.37. The van der Waals surface area contributed by atoms with Crippen molar-refractivity contribution in [2.75, 3.05) is 19.7 Å². The molecule has 1 aliphatic rings. The summed E-state index contributed by atoms with van der Waals surface area (Å²) in [5, 5.41) is 3.75. The first-order valence-electron chi connectivity index (χ1n) is 12.1. The van der Waals surface area contributed by atoms with Gasteiger partial charge in [0.1, 0.15) is 16.6 Å². The number of aryl methyl sites for hydroxylation is 1. The van der Waals surface area contributed by atoms with Gasteiger partial charge < -0.3 is 4.74 Å². The van der Waals surface area contributed by atoms with E-state index in [2.05, 4.69) is 16.9 Å². The molecule has 1 atom stereocenters. The molecule has 0 spiro atoms. The normalized spacial score (nSPS) is 16.8. The third kappa shape index (κ3) is 5.76. The van der Waals surface area contributed by atoms with Crippen LogP contribution in [0.5, 0.6) is 5.75 Å². The Kier molecular flexibility index (Phi) is 8.25. The fraction of sp³-hybridized carbons (Fsp3) is 0.444. The summed E-state index contributed by atoms with van der Waals surface area (Å²) in [7, 11) is 1.83. The molecule has 1 N–H and O–H groups in total. The van der Waals surface area contributed by atoms with E-state index < -0.39 is 5.54 Å². The van der Waals surface area contributed by atoms with Crippen molar-refractivity contribution < 1.29 is 9.13 Å². The Morgan fingerprint density at radius 2 is 1.74 bits per heavy atom. The van der Waals surface area contributed by atoms with Gasteiger partial charge in [0.05, 0.1) is 17.8 Å². The lowest BCUT2D eigenvalue weighted by atomic mass is 9.80. The SMILES string of the molecule is CCC(Cc1ccc(F)cc1)(c1c(Cl)c(=O)[nH]n1C)N1CCC(CCOc2ccc(Cl)cc2)CC1. The highest BCUT2D eigenvalue weighted by atomic mass is 35.5. The fourth-order valence-corrected chi connectivity index (χ4v) is 5.82. The highest BCUT2D eigenvalue weighted by molar-refractivity contribution is 6.31. The van der Waals surface area contributed by atoms with E-state index in [0.717, 1.165) is 55.8 Å². The number of hydrogen-bond acceptors (Lipinski definition) is 3. The van der Waals surface area contributed by atoms with Crippen LogP contribution in [0.3, 0.4) is 0 Å². The average molecular weight is 520 g/mol. The molecule has 0 aliphatic carbocycles. The molecular weight excluding hydrogens is 488 g/mol. The molecule has 0 saturated carbocycles. The first kappa shape index (κ1) is 25.8. The van der Waals surface area contributed by atoms with Crippen molar-refractivity contribution in [3.8, 4) is 5.75 Å². The predicted octanol–water partition coefficient (Wildman–Crippen LogP) is 6.19. The summed E-state index contributed by atoms with van der Waals surface area (Å²) in [4.78, 5) is 14.9. The molecule has 3 aromatic rings. The zero-order valence-corrected chi connectivity index (χ0v) is 21.7. The van der Waals surface area contributed by atoms with Crippen LogP contribution in [0.1, 0.15) is 43.9 Å². The van der Waals surface area contributed by atoms with Crippen LogP contribution in [-0.4, -0.2) is 34.4 Å². The van der Waals surface area contributed by atoms with E-state index in [-0.39, 0.29) is 16.4 Å². The van der Waals surface area contributed by atoms with Crippen LogP contribution in [0, 0.1) is 11.7 Å². The summed E-state index contributed by atoms with van der Waals surface area (Å²) in [5.41, 5.74) is 1.04. The van der Waals surface area contributed by atoms with Crippen molar-refractivity contribution in [3.63, 3.8) is 0 Å². The van der Waals surface area contributed by atoms with Crippen LogP contribution >= 0.6 is 23.2 Å². The number of nitrogens with zero attached hydrogens (tertiary/aromatic N) is 2. The number of aromatic amines is 1. The van der Waals surface area contributed by atoms with E-state index in [1.165, 1.54) is 12.1 Å². The maximum absolute atomic E-state index is 13.6. The van der Waals surface area contributed by atoms with Crippen molar-refractivity contribution >= 4 is 23.2 Å². The van der Waals surface area contributed by atoms with Gasteiger partial charge in [-0.3, -0.25) is 19.5 Å². The van der Waals surface area contributed by atoms with Crippen LogP contribution in [0.2, 0.25) is 10.0 Å². The molecule has 8 heteroatoms. The second-order valence-corrected chi connectivity index (χ2v) is 10.2. The number of aromatic nitrogens is 2. The van der Waals surface area contributed by atoms with Gasteiger partial charge in [-0.1, -0.05) is 42.3 Å². The van der Waals surface area contributed by atoms with Gasteiger partial charge in [0, 0.05) is 12.1 Å². The molecule has 0 radical (unpaired) electrons. The summed E-state index contributed by atoms with van der Waals surface area (Å²) >= 11 is 12.5. The first-order chi connectivity index (χ1) is 16.8. The number of halogens is 3. The van der Waals surface area contributed by atoms with E-state index in [9.17, 15) is 9.18 Å². The van der Waals surface area contributed by atoms with Crippen LogP contribution in [0.25, 0.3) is 0 Å². The Balaban J connectivity index is 1.49. The Hall–Kier alpha value is -2.28. The molecule has 188 valence electrons. The maximum Gasteiger partial charge on any atom is 0.283 e. The minimum Gasteiger partial charge on any atom is -0.494 e. The largest absolute Gasteiger partial charge is 0.494 e. The highest BCUT2D eigenvalue weighted by Gasteiger charge is 2.43.